The van der Waals surface area contributed by atoms with Crippen LogP contribution in [0, 0.1) is 11.3 Å². The molecule has 166 valence electrons. The van der Waals surface area contributed by atoms with Crippen molar-refractivity contribution in [2.45, 2.75) is 57.9 Å². The molecule has 2 rings (SSSR count). The van der Waals surface area contributed by atoms with Gasteiger partial charge in [-0.05, 0) is 50.6 Å². The van der Waals surface area contributed by atoms with Crippen LogP contribution in [-0.4, -0.2) is 54.6 Å². The molecule has 1 N–H and O–H groups in total. The first-order chi connectivity index (χ1) is 14.2. The lowest BCUT2D eigenvalue weighted by Gasteiger charge is -2.52. The SMILES string of the molecule is CCCCC(CC)CC1(C(=O)O)C=CC(N(C)C)=CC1(Cc1ccccc1)N(C)C. The highest BCUT2D eigenvalue weighted by Gasteiger charge is 2.57. The van der Waals surface area contributed by atoms with Crippen LogP contribution in [0.1, 0.15) is 51.5 Å². The zero-order chi connectivity index (χ0) is 22.4. The summed E-state index contributed by atoms with van der Waals surface area (Å²) in [5, 5.41) is 10.7. The minimum atomic E-state index is -0.986. The molecule has 0 aromatic heterocycles. The molecule has 0 saturated carbocycles. The van der Waals surface area contributed by atoms with Gasteiger partial charge in [-0.3, -0.25) is 9.69 Å². The minimum absolute atomic E-state index is 0.384. The maximum Gasteiger partial charge on any atom is 0.315 e. The number of hydrogen-bond donors (Lipinski definition) is 1. The van der Waals surface area contributed by atoms with Crippen LogP contribution < -0.4 is 0 Å². The van der Waals surface area contributed by atoms with Gasteiger partial charge in [-0.2, -0.15) is 0 Å². The number of unbranched alkanes of at least 4 members (excludes halogenated alkanes) is 1. The molecule has 4 heteroatoms. The molecule has 0 amide bonds. The molecular weight excluding hydrogens is 372 g/mol. The van der Waals surface area contributed by atoms with Crippen LogP contribution in [0.3, 0.4) is 0 Å². The largest absolute Gasteiger partial charge is 0.481 e. The second kappa shape index (κ2) is 10.3. The highest BCUT2D eigenvalue weighted by atomic mass is 16.4. The van der Waals surface area contributed by atoms with Crippen LogP contribution in [0.4, 0.5) is 0 Å². The van der Waals surface area contributed by atoms with Crippen molar-refractivity contribution < 1.29 is 9.90 Å². The molecule has 0 radical (unpaired) electrons. The fraction of sp³-hybridized carbons (Fsp3) is 0.577. The Morgan fingerprint density at radius 1 is 1.10 bits per heavy atom. The van der Waals surface area contributed by atoms with Gasteiger partial charge < -0.3 is 10.0 Å². The average Bonchev–Trinajstić information content (AvgIpc) is 2.72. The van der Waals surface area contributed by atoms with E-state index in [0.29, 0.717) is 18.8 Å². The first-order valence-electron chi connectivity index (χ1n) is 11.3. The van der Waals surface area contributed by atoms with Gasteiger partial charge in [-0.25, -0.2) is 0 Å². The maximum absolute atomic E-state index is 13.1. The predicted molar refractivity (Wildman–Crippen MR) is 125 cm³/mol. The monoisotopic (exact) mass is 412 g/mol. The highest BCUT2D eigenvalue weighted by molar-refractivity contribution is 5.81. The van der Waals surface area contributed by atoms with Crippen molar-refractivity contribution in [3.05, 3.63) is 59.8 Å². The quantitative estimate of drug-likeness (QED) is 0.541. The van der Waals surface area contributed by atoms with Gasteiger partial charge in [-0.15, -0.1) is 0 Å². The molecule has 3 atom stereocenters. The number of likely N-dealkylation sites (N-methyl/N-ethyl adjacent to an activating group) is 2. The molecule has 1 aromatic rings. The summed E-state index contributed by atoms with van der Waals surface area (Å²) in [5.41, 5.74) is 0.565. The summed E-state index contributed by atoms with van der Waals surface area (Å²) in [5.74, 6) is -0.345. The molecule has 0 saturated heterocycles. The summed E-state index contributed by atoms with van der Waals surface area (Å²) >= 11 is 0. The number of aliphatic carboxylic acids is 1. The fourth-order valence-corrected chi connectivity index (χ4v) is 4.86. The van der Waals surface area contributed by atoms with E-state index in [1.165, 1.54) is 0 Å². The third kappa shape index (κ3) is 4.80. The molecule has 1 aromatic carbocycles. The smallest absolute Gasteiger partial charge is 0.315 e. The Labute approximate surface area is 183 Å². The molecule has 30 heavy (non-hydrogen) atoms. The van der Waals surface area contributed by atoms with Crippen molar-refractivity contribution in [3.63, 3.8) is 0 Å². The Morgan fingerprint density at radius 2 is 1.77 bits per heavy atom. The van der Waals surface area contributed by atoms with E-state index in [1.54, 1.807) is 0 Å². The Morgan fingerprint density at radius 3 is 2.27 bits per heavy atom. The lowest BCUT2D eigenvalue weighted by molar-refractivity contribution is -0.154. The number of carboxylic acids is 1. The summed E-state index contributed by atoms with van der Waals surface area (Å²) < 4.78 is 0. The van der Waals surface area contributed by atoms with Crippen molar-refractivity contribution in [3.8, 4) is 0 Å². The van der Waals surface area contributed by atoms with Crippen LogP contribution in [0.25, 0.3) is 0 Å². The molecule has 1 aliphatic carbocycles. The van der Waals surface area contributed by atoms with Gasteiger partial charge >= 0.3 is 5.97 Å². The van der Waals surface area contributed by atoms with Crippen molar-refractivity contribution >= 4 is 5.97 Å². The van der Waals surface area contributed by atoms with Crippen molar-refractivity contribution in [2.24, 2.45) is 11.3 Å². The Balaban J connectivity index is 2.66. The molecule has 0 aliphatic heterocycles. The zero-order valence-corrected chi connectivity index (χ0v) is 19.7. The number of nitrogens with zero attached hydrogens (tertiary/aromatic N) is 2. The molecule has 0 heterocycles. The standard InChI is InChI=1S/C26H40N2O2/c1-7-9-13-21(8-2)18-25(24(29)30)17-16-23(27(3)4)20-26(25,28(5)6)19-22-14-11-10-12-15-22/h10-12,14-17,20-21H,7-9,13,18-19H2,1-6H3,(H,29,30). The molecule has 0 bridgehead atoms. The van der Waals surface area contributed by atoms with E-state index in [4.69, 9.17) is 0 Å². The van der Waals surface area contributed by atoms with Gasteiger partial charge in [0.25, 0.3) is 0 Å². The van der Waals surface area contributed by atoms with Gasteiger partial charge in [0.15, 0.2) is 0 Å². The van der Waals surface area contributed by atoms with E-state index >= 15 is 0 Å². The zero-order valence-electron chi connectivity index (χ0n) is 19.7. The number of hydrogen-bond acceptors (Lipinski definition) is 3. The average molecular weight is 413 g/mol. The van der Waals surface area contributed by atoms with Gasteiger partial charge in [0, 0.05) is 19.8 Å². The Kier molecular flexibility index (Phi) is 8.31. The van der Waals surface area contributed by atoms with E-state index in [1.807, 2.05) is 58.5 Å². The van der Waals surface area contributed by atoms with E-state index in [9.17, 15) is 9.90 Å². The van der Waals surface area contributed by atoms with Crippen molar-refractivity contribution in [1.82, 2.24) is 9.80 Å². The van der Waals surface area contributed by atoms with Crippen molar-refractivity contribution in [2.75, 3.05) is 28.2 Å². The molecular formula is C26H40N2O2. The third-order valence-corrected chi connectivity index (χ3v) is 6.86. The number of benzene rings is 1. The number of allylic oxidation sites excluding steroid dienone is 1. The van der Waals surface area contributed by atoms with Gasteiger partial charge in [-0.1, -0.05) is 75.9 Å². The molecule has 0 spiro atoms. The van der Waals surface area contributed by atoms with Crippen LogP contribution in [0.2, 0.25) is 0 Å². The molecule has 3 unspecified atom stereocenters. The second-order valence-electron chi connectivity index (χ2n) is 9.18. The summed E-state index contributed by atoms with van der Waals surface area (Å²) in [6.07, 6.45) is 11.9. The summed E-state index contributed by atoms with van der Waals surface area (Å²) in [6, 6.07) is 10.3. The number of carbonyl (C=O) groups is 1. The number of rotatable bonds is 11. The molecule has 4 nitrogen and oxygen atoms in total. The topological polar surface area (TPSA) is 43.8 Å². The maximum atomic E-state index is 13.1. The molecule has 1 aliphatic rings. The van der Waals surface area contributed by atoms with E-state index < -0.39 is 16.9 Å². The summed E-state index contributed by atoms with van der Waals surface area (Å²) in [4.78, 5) is 17.3. The van der Waals surface area contributed by atoms with E-state index in [2.05, 4.69) is 41.9 Å². The fourth-order valence-electron chi connectivity index (χ4n) is 4.86. The summed E-state index contributed by atoms with van der Waals surface area (Å²) in [6.45, 7) is 4.39. The van der Waals surface area contributed by atoms with Crippen LogP contribution in [-0.2, 0) is 11.2 Å². The highest BCUT2D eigenvalue weighted by Crippen LogP contribution is 2.49. The van der Waals surface area contributed by atoms with Crippen molar-refractivity contribution in [1.29, 1.82) is 0 Å². The van der Waals surface area contributed by atoms with E-state index in [-0.39, 0.29) is 0 Å². The predicted octanol–water partition coefficient (Wildman–Crippen LogP) is 5.22. The van der Waals surface area contributed by atoms with Crippen LogP contribution in [0.5, 0.6) is 0 Å². The third-order valence-electron chi connectivity index (χ3n) is 6.86. The van der Waals surface area contributed by atoms with Gasteiger partial charge in [0.2, 0.25) is 0 Å². The van der Waals surface area contributed by atoms with E-state index in [0.717, 1.165) is 36.9 Å². The van der Waals surface area contributed by atoms with Crippen LogP contribution in [0.15, 0.2) is 54.3 Å². The lowest BCUT2D eigenvalue weighted by Crippen LogP contribution is -2.62. The number of carboxylic acid groups (broad SMARTS) is 1. The molecule has 0 fully saturated rings. The lowest BCUT2D eigenvalue weighted by atomic mass is 9.59. The first kappa shape index (κ1) is 24.2. The second-order valence-corrected chi connectivity index (χ2v) is 9.18. The minimum Gasteiger partial charge on any atom is -0.481 e. The van der Waals surface area contributed by atoms with Gasteiger partial charge in [0.05, 0.1) is 5.54 Å². The Hall–Kier alpha value is -2.07. The van der Waals surface area contributed by atoms with Gasteiger partial charge in [0.1, 0.15) is 5.41 Å². The first-order valence-corrected chi connectivity index (χ1v) is 11.3. The normalized spacial score (nSPS) is 24.6. The Bertz CT molecular complexity index is 754. The van der Waals surface area contributed by atoms with Crippen LogP contribution >= 0.6 is 0 Å². The summed E-state index contributed by atoms with van der Waals surface area (Å²) in [7, 11) is 8.08.